The molecule has 3 atom stereocenters. The van der Waals surface area contributed by atoms with Gasteiger partial charge >= 0.3 is 43.4 Å². The third kappa shape index (κ3) is 123. The summed E-state index contributed by atoms with van der Waals surface area (Å²) in [6.45, 7) is 21.3. The number of phosphoric acid groups is 1. The van der Waals surface area contributed by atoms with Gasteiger partial charge in [0.1, 0.15) is 0 Å². The second kappa shape index (κ2) is 65.4. The van der Waals surface area contributed by atoms with Gasteiger partial charge in [0, 0.05) is 12.2 Å². The summed E-state index contributed by atoms with van der Waals surface area (Å²) in [6.07, 6.45) is 6.54. The molecule has 0 aromatic carbocycles. The zero-order chi connectivity index (χ0) is 33.3. The van der Waals surface area contributed by atoms with Crippen molar-refractivity contribution in [3.05, 3.63) is 0 Å². The van der Waals surface area contributed by atoms with Gasteiger partial charge in [0.25, 0.3) is 0 Å². The van der Waals surface area contributed by atoms with Crippen molar-refractivity contribution in [1.29, 1.82) is 0 Å². The maximum atomic E-state index is 9.85. The van der Waals surface area contributed by atoms with E-state index in [-0.39, 0.29) is 76.5 Å². The molecule has 0 radical (unpaired) electrons. The average molecular weight is 720 g/mol. The minimum absolute atomic E-state index is 0. The Labute approximate surface area is 291 Å². The van der Waals surface area contributed by atoms with E-state index >= 15 is 0 Å². The van der Waals surface area contributed by atoms with Crippen LogP contribution in [0.4, 0.5) is 0 Å². The second-order valence-corrected chi connectivity index (χ2v) is 9.69. The molecule has 15 heteroatoms. The molecule has 42 heavy (non-hydrogen) atoms. The van der Waals surface area contributed by atoms with Crippen LogP contribution >= 0.6 is 16.9 Å². The Morgan fingerprint density at radius 1 is 0.524 bits per heavy atom. The molecule has 0 rings (SSSR count). The van der Waals surface area contributed by atoms with Crippen molar-refractivity contribution >= 4 is 16.9 Å². The van der Waals surface area contributed by atoms with Gasteiger partial charge in [-0.1, -0.05) is 87.5 Å². The standard InChI is InChI=1S/C8H18O2P.C4H11O4P.5C3H7O.2Ti/c1-5-7(3)9-11-10-8(4)6-2;1-3-4(2)8-9(5,6)7;5*1-2-3-4;;/h7-8H,5-6H2,1-4H3;4H,3H2,1-2H3,(H2,5,6,7);5*2-3H2,1H3;;/q-1;;5*-1;2*+4/p-2. The normalized spacial score (nSPS) is 11.5. The van der Waals surface area contributed by atoms with Crippen molar-refractivity contribution in [2.75, 3.05) is 33.0 Å². The van der Waals surface area contributed by atoms with Crippen molar-refractivity contribution in [3.63, 3.8) is 0 Å². The van der Waals surface area contributed by atoms with E-state index in [9.17, 15) is 39.9 Å². The van der Waals surface area contributed by atoms with Crippen LogP contribution in [0.1, 0.15) is 128 Å². The zero-order valence-electron chi connectivity index (χ0n) is 28.3. The Bertz CT molecular complexity index is 373. The van der Waals surface area contributed by atoms with Crippen molar-refractivity contribution in [1.82, 2.24) is 0 Å². The fourth-order valence-corrected chi connectivity index (χ4v) is 1.85. The third-order valence-electron chi connectivity index (χ3n) is 3.50. The summed E-state index contributed by atoms with van der Waals surface area (Å²) in [4.78, 5) is 19.7. The van der Waals surface area contributed by atoms with E-state index in [4.69, 9.17) is 9.05 Å². The van der Waals surface area contributed by atoms with Gasteiger partial charge in [0.15, 0.2) is 0 Å². The first kappa shape index (κ1) is 66.2. The van der Waals surface area contributed by atoms with Crippen LogP contribution < -0.4 is 35.3 Å². The fourth-order valence-electron chi connectivity index (χ4n) is 0.616. The summed E-state index contributed by atoms with van der Waals surface area (Å²) in [5.74, 6) is 0. The summed E-state index contributed by atoms with van der Waals surface area (Å²) in [5.41, 5.74) is 0. The maximum absolute atomic E-state index is 9.85. The van der Waals surface area contributed by atoms with Crippen molar-refractivity contribution in [2.45, 2.75) is 146 Å². The summed E-state index contributed by atoms with van der Waals surface area (Å²) in [6, 6.07) is 0. The van der Waals surface area contributed by atoms with E-state index < -0.39 is 13.9 Å². The molecule has 0 spiro atoms. The predicted molar refractivity (Wildman–Crippen MR) is 153 cm³/mol. The van der Waals surface area contributed by atoms with Gasteiger partial charge in [-0.2, -0.15) is 0 Å². The minimum Gasteiger partial charge on any atom is -0.854 e. The van der Waals surface area contributed by atoms with Crippen LogP contribution in [0, 0.1) is 0 Å². The van der Waals surface area contributed by atoms with Crippen LogP contribution in [0.5, 0.6) is 0 Å². The largest absolute Gasteiger partial charge is 4.00 e. The van der Waals surface area contributed by atoms with Gasteiger partial charge < -0.3 is 53.5 Å². The van der Waals surface area contributed by atoms with Crippen LogP contribution in [0.3, 0.4) is 0 Å². The van der Waals surface area contributed by atoms with Gasteiger partial charge in [-0.05, 0) is 40.0 Å². The molecule has 0 heterocycles. The Hall–Kier alpha value is 1.69. The second-order valence-electron chi connectivity index (χ2n) is 8.02. The topological polar surface area (TPSA) is 206 Å². The number of hydrogen-bond acceptors (Lipinski definition) is 11. The van der Waals surface area contributed by atoms with Crippen LogP contribution in [0.25, 0.3) is 0 Å². The Kier molecular flexibility index (Phi) is 103. The van der Waals surface area contributed by atoms with E-state index in [1.54, 1.807) is 6.92 Å². The molecule has 0 bridgehead atoms. The smallest absolute Gasteiger partial charge is 0.854 e. The fraction of sp³-hybridized carbons (Fsp3) is 1.00. The first-order valence-corrected chi connectivity index (χ1v) is 16.6. The van der Waals surface area contributed by atoms with Gasteiger partial charge in [0.05, 0.1) is 13.9 Å². The van der Waals surface area contributed by atoms with Gasteiger partial charge in [-0.25, -0.2) is 9.03 Å². The van der Waals surface area contributed by atoms with Crippen LogP contribution in [-0.2, 0) is 61.6 Å². The maximum Gasteiger partial charge on any atom is 4.00 e. The third-order valence-corrected chi connectivity index (χ3v) is 5.01. The first-order valence-electron chi connectivity index (χ1n) is 14.4. The quantitative estimate of drug-likeness (QED) is 0.187. The minimum atomic E-state index is -4.74. The molecule has 0 saturated carbocycles. The molecule has 0 amide bonds. The molecule has 0 aliphatic heterocycles. The Morgan fingerprint density at radius 3 is 0.810 bits per heavy atom. The molecule has 11 nitrogen and oxygen atoms in total. The van der Waals surface area contributed by atoms with Crippen LogP contribution in [0.2, 0.25) is 0 Å². The molecule has 0 fully saturated rings. The predicted octanol–water partition coefficient (Wildman–Crippen LogP) is 1.80. The van der Waals surface area contributed by atoms with Crippen molar-refractivity contribution in [3.8, 4) is 0 Å². The molecule has 0 aliphatic rings. The van der Waals surface area contributed by atoms with E-state index in [0.717, 1.165) is 44.9 Å². The zero-order valence-corrected chi connectivity index (χ0v) is 33.2. The van der Waals surface area contributed by atoms with E-state index in [0.29, 0.717) is 27.7 Å². The van der Waals surface area contributed by atoms with Crippen molar-refractivity contribution < 1.29 is 96.9 Å². The summed E-state index contributed by atoms with van der Waals surface area (Å²) in [7, 11) is -4.08. The molecule has 3 unspecified atom stereocenters. The average Bonchev–Trinajstić information content (AvgIpc) is 2.96. The van der Waals surface area contributed by atoms with Crippen LogP contribution in [0.15, 0.2) is 0 Å². The van der Waals surface area contributed by atoms with Crippen LogP contribution in [-0.4, -0.2) is 51.3 Å². The van der Waals surface area contributed by atoms with Gasteiger partial charge in [-0.3, -0.25) is 0 Å². The van der Waals surface area contributed by atoms with E-state index in [1.165, 1.54) is 6.92 Å². The molecule has 0 aromatic rings. The SMILES string of the molecule is CCC(C)OP(=O)([O-])[O-].CCC(C)O[P-]OC(C)CC.CCC[O-].CCC[O-].CCC[O-].CCC[O-].CCC[O-].[Ti+4].[Ti+4]. The van der Waals surface area contributed by atoms with E-state index in [1.807, 2.05) is 48.5 Å². The van der Waals surface area contributed by atoms with Gasteiger partial charge in [-0.15, -0.1) is 33.0 Å². The Balaban J connectivity index is -0.0000000452. The number of hydrogen-bond donors (Lipinski definition) is 0. The first-order chi connectivity index (χ1) is 18.7. The summed E-state index contributed by atoms with van der Waals surface area (Å²) in [5, 5.41) is 46.5. The molecule has 0 aromatic heterocycles. The monoisotopic (exact) mass is 720 g/mol. The van der Waals surface area contributed by atoms with Crippen molar-refractivity contribution in [2.24, 2.45) is 0 Å². The molecule has 0 saturated heterocycles. The van der Waals surface area contributed by atoms with Gasteiger partial charge in [0.2, 0.25) is 0 Å². The Morgan fingerprint density at radius 2 is 0.714 bits per heavy atom. The molecule has 0 aliphatic carbocycles. The number of rotatable bonds is 14. The molecular formula is C27H62O11P2Ti2. The molecule has 254 valence electrons. The van der Waals surface area contributed by atoms with E-state index in [2.05, 4.69) is 18.4 Å². The molecular weight excluding hydrogens is 658 g/mol. The summed E-state index contributed by atoms with van der Waals surface area (Å²) < 4.78 is 24.5. The number of phosphoric ester groups is 1. The summed E-state index contributed by atoms with van der Waals surface area (Å²) >= 11 is 0. The molecule has 0 N–H and O–H groups in total.